The lowest BCUT2D eigenvalue weighted by atomic mass is 10.2. The number of carbonyl (C=O) groups excluding carboxylic acids is 1. The maximum absolute atomic E-state index is 10.6. The summed E-state index contributed by atoms with van der Waals surface area (Å²) in [5, 5.41) is 0.714. The van der Waals surface area contributed by atoms with Crippen molar-refractivity contribution in [1.29, 1.82) is 0 Å². The molecule has 0 aliphatic rings. The Labute approximate surface area is 88.5 Å². The van der Waals surface area contributed by atoms with E-state index in [1.54, 1.807) is 0 Å². The molecule has 0 bridgehead atoms. The van der Waals surface area contributed by atoms with Gasteiger partial charge in [0.1, 0.15) is 0 Å². The highest BCUT2D eigenvalue weighted by atomic mass is 35.5. The van der Waals surface area contributed by atoms with Gasteiger partial charge in [-0.2, -0.15) is 0 Å². The highest BCUT2D eigenvalue weighted by molar-refractivity contribution is 6.30. The number of primary amides is 1. The number of hydrogen-bond acceptors (Lipinski definition) is 2. The van der Waals surface area contributed by atoms with E-state index < -0.39 is 0 Å². The SMILES string of the molecule is CN(CC(N)=O)Cc1ccc(Cl)cc1. The molecule has 0 aliphatic carbocycles. The Kier molecular flexibility index (Phi) is 3.92. The summed E-state index contributed by atoms with van der Waals surface area (Å²) in [6, 6.07) is 7.52. The predicted octanol–water partition coefficient (Wildman–Crippen LogP) is 1.26. The molecule has 4 heteroatoms. The van der Waals surface area contributed by atoms with E-state index in [0.29, 0.717) is 11.6 Å². The van der Waals surface area contributed by atoms with Gasteiger partial charge in [0.15, 0.2) is 0 Å². The van der Waals surface area contributed by atoms with Gasteiger partial charge < -0.3 is 5.73 Å². The molecular formula is C10H13ClN2O. The van der Waals surface area contributed by atoms with Crippen molar-refractivity contribution < 1.29 is 4.79 Å². The van der Waals surface area contributed by atoms with E-state index >= 15 is 0 Å². The number of nitrogens with two attached hydrogens (primary N) is 1. The topological polar surface area (TPSA) is 46.3 Å². The molecule has 0 saturated heterocycles. The van der Waals surface area contributed by atoms with Gasteiger partial charge in [-0.25, -0.2) is 0 Å². The average Bonchev–Trinajstić information content (AvgIpc) is 2.07. The fourth-order valence-electron chi connectivity index (χ4n) is 1.22. The molecule has 0 aliphatic heterocycles. The van der Waals surface area contributed by atoms with Gasteiger partial charge in [-0.1, -0.05) is 23.7 Å². The number of amides is 1. The molecule has 3 nitrogen and oxygen atoms in total. The minimum absolute atomic E-state index is 0.266. The molecule has 0 aromatic heterocycles. The zero-order valence-corrected chi connectivity index (χ0v) is 8.79. The van der Waals surface area contributed by atoms with E-state index in [4.69, 9.17) is 17.3 Å². The standard InChI is InChI=1S/C10H13ClN2O/c1-13(7-10(12)14)6-8-2-4-9(11)5-3-8/h2-5H,6-7H2,1H3,(H2,12,14). The Morgan fingerprint density at radius 2 is 2.00 bits per heavy atom. The lowest BCUT2D eigenvalue weighted by Gasteiger charge is -2.14. The fraction of sp³-hybridized carbons (Fsp3) is 0.300. The summed E-state index contributed by atoms with van der Waals surface area (Å²) >= 11 is 5.74. The van der Waals surface area contributed by atoms with Gasteiger partial charge in [-0.05, 0) is 24.7 Å². The van der Waals surface area contributed by atoms with Crippen LogP contribution in [0, 0.1) is 0 Å². The third-order valence-corrected chi connectivity index (χ3v) is 2.04. The number of nitrogens with zero attached hydrogens (tertiary/aromatic N) is 1. The van der Waals surface area contributed by atoms with Gasteiger partial charge in [0.05, 0.1) is 6.54 Å². The number of halogens is 1. The fourth-order valence-corrected chi connectivity index (χ4v) is 1.35. The third-order valence-electron chi connectivity index (χ3n) is 1.79. The van der Waals surface area contributed by atoms with Crippen LogP contribution in [-0.4, -0.2) is 24.4 Å². The first-order valence-corrected chi connectivity index (χ1v) is 4.67. The number of likely N-dealkylation sites (N-methyl/N-ethyl adjacent to an activating group) is 1. The van der Waals surface area contributed by atoms with Crippen LogP contribution >= 0.6 is 11.6 Å². The van der Waals surface area contributed by atoms with E-state index in [2.05, 4.69) is 0 Å². The summed E-state index contributed by atoms with van der Waals surface area (Å²) in [6.45, 7) is 0.961. The maximum atomic E-state index is 10.6. The number of benzene rings is 1. The Balaban J connectivity index is 2.51. The van der Waals surface area contributed by atoms with Crippen LogP contribution in [0.5, 0.6) is 0 Å². The molecule has 1 aromatic carbocycles. The van der Waals surface area contributed by atoms with Gasteiger partial charge in [0, 0.05) is 11.6 Å². The van der Waals surface area contributed by atoms with Crippen LogP contribution < -0.4 is 5.73 Å². The van der Waals surface area contributed by atoms with E-state index in [0.717, 1.165) is 5.56 Å². The van der Waals surface area contributed by atoms with Crippen molar-refractivity contribution in [2.45, 2.75) is 6.54 Å². The quantitative estimate of drug-likeness (QED) is 0.817. The molecule has 2 N–H and O–H groups in total. The third kappa shape index (κ3) is 3.77. The van der Waals surface area contributed by atoms with Crippen LogP contribution in [0.15, 0.2) is 24.3 Å². The Hall–Kier alpha value is -1.06. The van der Waals surface area contributed by atoms with Crippen LogP contribution in [-0.2, 0) is 11.3 Å². The smallest absolute Gasteiger partial charge is 0.231 e. The van der Waals surface area contributed by atoms with Gasteiger partial charge in [0.25, 0.3) is 0 Å². The molecule has 0 atom stereocenters. The van der Waals surface area contributed by atoms with Crippen molar-refractivity contribution in [3.63, 3.8) is 0 Å². The summed E-state index contributed by atoms with van der Waals surface area (Å²) in [7, 11) is 1.85. The van der Waals surface area contributed by atoms with Crippen LogP contribution in [0.2, 0.25) is 5.02 Å². The maximum Gasteiger partial charge on any atom is 0.231 e. The average molecular weight is 213 g/mol. The second-order valence-electron chi connectivity index (χ2n) is 3.27. The molecule has 0 heterocycles. The van der Waals surface area contributed by atoms with Crippen molar-refractivity contribution in [3.8, 4) is 0 Å². The first-order chi connectivity index (χ1) is 6.58. The molecule has 0 spiro atoms. The lowest BCUT2D eigenvalue weighted by Crippen LogP contribution is -2.30. The summed E-state index contributed by atoms with van der Waals surface area (Å²) in [4.78, 5) is 12.5. The highest BCUT2D eigenvalue weighted by Gasteiger charge is 2.02. The normalized spacial score (nSPS) is 10.5. The first-order valence-electron chi connectivity index (χ1n) is 4.29. The van der Waals surface area contributed by atoms with Crippen LogP contribution in [0.3, 0.4) is 0 Å². The second kappa shape index (κ2) is 4.98. The molecule has 0 radical (unpaired) electrons. The van der Waals surface area contributed by atoms with E-state index in [1.807, 2.05) is 36.2 Å². The molecule has 1 amide bonds. The van der Waals surface area contributed by atoms with Crippen LogP contribution in [0.25, 0.3) is 0 Å². The van der Waals surface area contributed by atoms with Gasteiger partial charge in [-0.15, -0.1) is 0 Å². The minimum atomic E-state index is -0.318. The molecular weight excluding hydrogens is 200 g/mol. The van der Waals surface area contributed by atoms with E-state index in [1.165, 1.54) is 0 Å². The summed E-state index contributed by atoms with van der Waals surface area (Å²) in [5.74, 6) is -0.318. The van der Waals surface area contributed by atoms with Crippen molar-refractivity contribution in [2.75, 3.05) is 13.6 Å². The zero-order valence-electron chi connectivity index (χ0n) is 8.03. The van der Waals surface area contributed by atoms with Gasteiger partial charge in [-0.3, -0.25) is 9.69 Å². The molecule has 1 aromatic rings. The molecule has 0 unspecified atom stereocenters. The number of hydrogen-bond donors (Lipinski definition) is 1. The van der Waals surface area contributed by atoms with Crippen molar-refractivity contribution in [3.05, 3.63) is 34.9 Å². The monoisotopic (exact) mass is 212 g/mol. The summed E-state index contributed by atoms with van der Waals surface area (Å²) in [5.41, 5.74) is 6.18. The Morgan fingerprint density at radius 3 is 2.50 bits per heavy atom. The summed E-state index contributed by atoms with van der Waals surface area (Å²) < 4.78 is 0. The molecule has 0 fully saturated rings. The van der Waals surface area contributed by atoms with Crippen molar-refractivity contribution in [2.24, 2.45) is 5.73 Å². The highest BCUT2D eigenvalue weighted by Crippen LogP contribution is 2.10. The minimum Gasteiger partial charge on any atom is -0.369 e. The van der Waals surface area contributed by atoms with E-state index in [-0.39, 0.29) is 12.5 Å². The van der Waals surface area contributed by atoms with Gasteiger partial charge in [0.2, 0.25) is 5.91 Å². The largest absolute Gasteiger partial charge is 0.369 e. The number of rotatable bonds is 4. The van der Waals surface area contributed by atoms with Gasteiger partial charge >= 0.3 is 0 Å². The molecule has 1 rings (SSSR count). The van der Waals surface area contributed by atoms with Crippen molar-refractivity contribution >= 4 is 17.5 Å². The predicted molar refractivity (Wildman–Crippen MR) is 57.0 cm³/mol. The summed E-state index contributed by atoms with van der Waals surface area (Å²) in [6.07, 6.45) is 0. The Bertz CT molecular complexity index is 310. The molecule has 0 saturated carbocycles. The first kappa shape index (κ1) is 11.0. The second-order valence-corrected chi connectivity index (χ2v) is 3.70. The number of carbonyl (C=O) groups is 1. The van der Waals surface area contributed by atoms with E-state index in [9.17, 15) is 4.79 Å². The lowest BCUT2D eigenvalue weighted by molar-refractivity contribution is -0.118. The molecule has 76 valence electrons. The zero-order chi connectivity index (χ0) is 10.6. The van der Waals surface area contributed by atoms with Crippen LogP contribution in [0.4, 0.5) is 0 Å². The molecule has 14 heavy (non-hydrogen) atoms. The van der Waals surface area contributed by atoms with Crippen LogP contribution in [0.1, 0.15) is 5.56 Å². The van der Waals surface area contributed by atoms with Crippen molar-refractivity contribution in [1.82, 2.24) is 4.90 Å². The Morgan fingerprint density at radius 1 is 1.43 bits per heavy atom.